The van der Waals surface area contributed by atoms with Crippen molar-refractivity contribution in [1.82, 2.24) is 9.62 Å². The Morgan fingerprint density at radius 3 is 2.67 bits per heavy atom. The molecule has 1 aliphatic rings. The highest BCUT2D eigenvalue weighted by atomic mass is 32.2. The predicted octanol–water partition coefficient (Wildman–Crippen LogP) is 2.00. The number of nitrogens with one attached hydrogen (secondary N) is 1. The van der Waals surface area contributed by atoms with E-state index in [0.717, 1.165) is 25.7 Å². The van der Waals surface area contributed by atoms with Crippen LogP contribution in [0.4, 0.5) is 0 Å². The van der Waals surface area contributed by atoms with E-state index in [2.05, 4.69) is 12.2 Å². The second kappa shape index (κ2) is 8.64. The number of unbranched alkanes of at least 4 members (excludes halogenated alkanes) is 2. The second-order valence-corrected chi connectivity index (χ2v) is 7.87. The van der Waals surface area contributed by atoms with Gasteiger partial charge in [0.25, 0.3) is 15.9 Å². The van der Waals surface area contributed by atoms with Crippen molar-refractivity contribution in [1.29, 1.82) is 0 Å². The Balaban J connectivity index is 1.97. The first-order valence-electron chi connectivity index (χ1n) is 8.43. The molecule has 0 aliphatic carbocycles. The van der Waals surface area contributed by atoms with Gasteiger partial charge in [0.15, 0.2) is 5.76 Å². The van der Waals surface area contributed by atoms with Gasteiger partial charge in [0.2, 0.25) is 5.09 Å². The minimum absolute atomic E-state index is 0.0178. The van der Waals surface area contributed by atoms with Crippen LogP contribution >= 0.6 is 0 Å². The number of nitrogens with zero attached hydrogens (tertiary/aromatic N) is 1. The maximum atomic E-state index is 12.5. The lowest BCUT2D eigenvalue weighted by Crippen LogP contribution is -2.40. The van der Waals surface area contributed by atoms with E-state index in [1.54, 1.807) is 0 Å². The summed E-state index contributed by atoms with van der Waals surface area (Å²) >= 11 is 0. The normalized spacial score (nSPS) is 17.6. The number of amides is 1. The standard InChI is InChI=1S/C16H26N2O5S/c1-3-4-5-6-13(2)17-16(19)14-7-8-15(23-14)24(20,21)18-9-11-22-12-10-18/h7-8,13H,3-6,9-12H2,1-2H3,(H,17,19)/t13-/m0/s1. The molecule has 0 spiro atoms. The lowest BCUT2D eigenvalue weighted by atomic mass is 10.1. The first-order valence-corrected chi connectivity index (χ1v) is 9.87. The molecule has 1 aliphatic heterocycles. The van der Waals surface area contributed by atoms with Gasteiger partial charge in [-0.15, -0.1) is 0 Å². The molecule has 7 nitrogen and oxygen atoms in total. The van der Waals surface area contributed by atoms with Gasteiger partial charge < -0.3 is 14.5 Å². The average molecular weight is 358 g/mol. The summed E-state index contributed by atoms with van der Waals surface area (Å²) in [6.07, 6.45) is 4.19. The molecular weight excluding hydrogens is 332 g/mol. The van der Waals surface area contributed by atoms with Crippen LogP contribution in [0.15, 0.2) is 21.6 Å². The summed E-state index contributed by atoms with van der Waals surface area (Å²) in [6, 6.07) is 2.76. The van der Waals surface area contributed by atoms with Gasteiger partial charge in [-0.05, 0) is 25.5 Å². The molecule has 0 saturated carbocycles. The Labute approximate surface area is 143 Å². The molecule has 24 heavy (non-hydrogen) atoms. The molecule has 0 bridgehead atoms. The molecule has 2 heterocycles. The number of furan rings is 1. The number of carbonyl (C=O) groups excluding carboxylic acids is 1. The summed E-state index contributed by atoms with van der Waals surface area (Å²) < 4.78 is 36.7. The minimum Gasteiger partial charge on any atom is -0.438 e. The lowest BCUT2D eigenvalue weighted by molar-refractivity contribution is 0.0722. The van der Waals surface area contributed by atoms with Gasteiger partial charge in [-0.1, -0.05) is 26.2 Å². The Kier molecular flexibility index (Phi) is 6.82. The zero-order valence-corrected chi connectivity index (χ0v) is 15.1. The van der Waals surface area contributed by atoms with Gasteiger partial charge in [0.05, 0.1) is 13.2 Å². The fourth-order valence-electron chi connectivity index (χ4n) is 2.56. The monoisotopic (exact) mass is 358 g/mol. The summed E-state index contributed by atoms with van der Waals surface area (Å²) in [6.45, 7) is 5.37. The summed E-state index contributed by atoms with van der Waals surface area (Å²) in [7, 11) is -3.71. The molecule has 1 aromatic heterocycles. The van der Waals surface area contributed by atoms with Crippen LogP contribution in [0.5, 0.6) is 0 Å². The molecular formula is C16H26N2O5S. The number of hydrogen-bond donors (Lipinski definition) is 1. The van der Waals surface area contributed by atoms with Crippen LogP contribution < -0.4 is 5.32 Å². The first kappa shape index (κ1) is 19.0. The Hall–Kier alpha value is -1.38. The van der Waals surface area contributed by atoms with E-state index in [-0.39, 0.29) is 22.8 Å². The SMILES string of the molecule is CCCCC[C@H](C)NC(=O)c1ccc(S(=O)(=O)N2CCOCC2)o1. The molecule has 1 aromatic rings. The molecule has 1 amide bonds. The van der Waals surface area contributed by atoms with Crippen LogP contribution in [0.1, 0.15) is 50.1 Å². The van der Waals surface area contributed by atoms with Gasteiger partial charge in [-0.3, -0.25) is 4.79 Å². The zero-order chi connectivity index (χ0) is 17.6. The number of sulfonamides is 1. The van der Waals surface area contributed by atoms with E-state index in [0.29, 0.717) is 26.3 Å². The van der Waals surface area contributed by atoms with Crippen LogP contribution in [0.25, 0.3) is 0 Å². The van der Waals surface area contributed by atoms with E-state index in [1.807, 2.05) is 6.92 Å². The van der Waals surface area contributed by atoms with Crippen molar-refractivity contribution in [3.05, 3.63) is 17.9 Å². The third-order valence-electron chi connectivity index (χ3n) is 3.99. The maximum absolute atomic E-state index is 12.5. The van der Waals surface area contributed by atoms with Crippen molar-refractivity contribution in [2.45, 2.75) is 50.7 Å². The Morgan fingerprint density at radius 2 is 2.00 bits per heavy atom. The van der Waals surface area contributed by atoms with E-state index >= 15 is 0 Å². The van der Waals surface area contributed by atoms with Crippen LogP contribution in [0, 0.1) is 0 Å². The van der Waals surface area contributed by atoms with Crippen molar-refractivity contribution in [2.75, 3.05) is 26.3 Å². The molecule has 0 unspecified atom stereocenters. The van der Waals surface area contributed by atoms with Crippen LogP contribution in [0.3, 0.4) is 0 Å². The molecule has 1 atom stereocenters. The highest BCUT2D eigenvalue weighted by molar-refractivity contribution is 7.89. The topological polar surface area (TPSA) is 88.9 Å². The number of carbonyl (C=O) groups is 1. The van der Waals surface area contributed by atoms with Gasteiger partial charge in [0.1, 0.15) is 0 Å². The molecule has 8 heteroatoms. The van der Waals surface area contributed by atoms with Crippen molar-refractivity contribution < 1.29 is 22.4 Å². The number of hydrogen-bond acceptors (Lipinski definition) is 5. The zero-order valence-electron chi connectivity index (χ0n) is 14.3. The van der Waals surface area contributed by atoms with Crippen LogP contribution in [-0.2, 0) is 14.8 Å². The predicted molar refractivity (Wildman–Crippen MR) is 89.4 cm³/mol. The number of morpholine rings is 1. The number of ether oxygens (including phenoxy) is 1. The molecule has 0 aromatic carbocycles. The van der Waals surface area contributed by atoms with Crippen molar-refractivity contribution in [3.8, 4) is 0 Å². The molecule has 136 valence electrons. The summed E-state index contributed by atoms with van der Waals surface area (Å²) in [5.41, 5.74) is 0. The van der Waals surface area contributed by atoms with Crippen molar-refractivity contribution >= 4 is 15.9 Å². The summed E-state index contributed by atoms with van der Waals surface area (Å²) in [4.78, 5) is 12.2. The van der Waals surface area contributed by atoms with Crippen LogP contribution in [0.2, 0.25) is 0 Å². The van der Waals surface area contributed by atoms with Crippen molar-refractivity contribution in [3.63, 3.8) is 0 Å². The molecule has 0 radical (unpaired) electrons. The lowest BCUT2D eigenvalue weighted by Gasteiger charge is -2.24. The molecule has 1 N–H and O–H groups in total. The van der Waals surface area contributed by atoms with E-state index in [1.165, 1.54) is 16.4 Å². The Bertz CT molecular complexity index is 635. The molecule has 1 saturated heterocycles. The van der Waals surface area contributed by atoms with Crippen LogP contribution in [-0.4, -0.2) is 51.0 Å². The van der Waals surface area contributed by atoms with Gasteiger partial charge in [-0.25, -0.2) is 8.42 Å². The first-order chi connectivity index (χ1) is 11.4. The fourth-order valence-corrected chi connectivity index (χ4v) is 3.88. The summed E-state index contributed by atoms with van der Waals surface area (Å²) in [5, 5.41) is 2.64. The molecule has 2 rings (SSSR count). The highest BCUT2D eigenvalue weighted by Crippen LogP contribution is 2.20. The summed E-state index contributed by atoms with van der Waals surface area (Å²) in [5.74, 6) is -0.369. The Morgan fingerprint density at radius 1 is 1.29 bits per heavy atom. The number of rotatable bonds is 8. The quantitative estimate of drug-likeness (QED) is 0.718. The smallest absolute Gasteiger partial charge is 0.287 e. The van der Waals surface area contributed by atoms with Gasteiger partial charge in [-0.2, -0.15) is 4.31 Å². The fraction of sp³-hybridized carbons (Fsp3) is 0.688. The third-order valence-corrected chi connectivity index (χ3v) is 5.76. The van der Waals surface area contributed by atoms with E-state index in [4.69, 9.17) is 9.15 Å². The van der Waals surface area contributed by atoms with Gasteiger partial charge in [0, 0.05) is 19.1 Å². The molecule has 1 fully saturated rings. The average Bonchev–Trinajstić information content (AvgIpc) is 3.07. The largest absolute Gasteiger partial charge is 0.438 e. The van der Waals surface area contributed by atoms with E-state index in [9.17, 15) is 13.2 Å². The minimum atomic E-state index is -3.71. The van der Waals surface area contributed by atoms with Gasteiger partial charge >= 0.3 is 0 Å². The van der Waals surface area contributed by atoms with E-state index < -0.39 is 10.0 Å². The van der Waals surface area contributed by atoms with Crippen molar-refractivity contribution in [2.24, 2.45) is 0 Å². The third kappa shape index (κ3) is 4.81. The second-order valence-electron chi connectivity index (χ2n) is 6.01. The maximum Gasteiger partial charge on any atom is 0.287 e. The highest BCUT2D eigenvalue weighted by Gasteiger charge is 2.30.